The van der Waals surface area contributed by atoms with Gasteiger partial charge in [-0.05, 0) is 37.5 Å². The lowest BCUT2D eigenvalue weighted by Crippen LogP contribution is -2.30. The topological polar surface area (TPSA) is 237 Å². The molecule has 87 heavy (non-hydrogen) atoms. The van der Waals surface area contributed by atoms with E-state index in [-0.39, 0.29) is 25.7 Å². The minimum absolute atomic E-state index is 0.103. The van der Waals surface area contributed by atoms with Crippen molar-refractivity contribution in [1.82, 2.24) is 0 Å². The van der Waals surface area contributed by atoms with Crippen molar-refractivity contribution in [3.8, 4) is 0 Å². The minimum atomic E-state index is -4.95. The predicted octanol–water partition coefficient (Wildman–Crippen LogP) is 19.2. The van der Waals surface area contributed by atoms with Crippen molar-refractivity contribution in [2.45, 2.75) is 362 Å². The summed E-state index contributed by atoms with van der Waals surface area (Å²) in [4.78, 5) is 72.4. The van der Waals surface area contributed by atoms with Gasteiger partial charge in [0, 0.05) is 25.7 Å². The van der Waals surface area contributed by atoms with Gasteiger partial charge in [-0.1, -0.05) is 292 Å². The Labute approximate surface area is 530 Å². The van der Waals surface area contributed by atoms with Crippen molar-refractivity contribution in [3.05, 3.63) is 0 Å². The monoisotopic (exact) mass is 1280 g/mol. The fourth-order valence-corrected chi connectivity index (χ4v) is 11.8. The Balaban J connectivity index is 5.24. The summed E-state index contributed by atoms with van der Waals surface area (Å²) in [6.07, 6.45) is 44.3. The molecule has 0 bridgehead atoms. The second-order valence-corrected chi connectivity index (χ2v) is 28.0. The molecule has 7 atom stereocenters. The summed E-state index contributed by atoms with van der Waals surface area (Å²) in [5.74, 6) is -0.606. The SMILES string of the molecule is CCCCCCCCCCCCCCCCC(=O)OC[C@H](COP(=O)(O)OC[C@@H](O)COP(=O)(O)OC[C@@H](COC(=O)CCCCCCCCCCC)OC(=O)CCCCCCCCC(C)CC)OC(=O)CCCCCCCCCCCCC(C)CC. The van der Waals surface area contributed by atoms with E-state index in [1.54, 1.807) is 0 Å². The number of hydrogen-bond acceptors (Lipinski definition) is 15. The van der Waals surface area contributed by atoms with Crippen molar-refractivity contribution >= 4 is 39.5 Å². The number of hydrogen-bond donors (Lipinski definition) is 3. The van der Waals surface area contributed by atoms with Crippen molar-refractivity contribution < 1.29 is 80.2 Å². The molecule has 3 N–H and O–H groups in total. The molecule has 0 aromatic heterocycles. The average Bonchev–Trinajstić information content (AvgIpc) is 3.70. The molecule has 4 unspecified atom stereocenters. The third kappa shape index (κ3) is 60.1. The number of unbranched alkanes of at least 4 members (excludes halogenated alkanes) is 35. The summed E-state index contributed by atoms with van der Waals surface area (Å²) < 4.78 is 68.2. The lowest BCUT2D eigenvalue weighted by molar-refractivity contribution is -0.161. The predicted molar refractivity (Wildman–Crippen MR) is 349 cm³/mol. The zero-order valence-corrected chi connectivity index (χ0v) is 58.1. The van der Waals surface area contributed by atoms with Crippen LogP contribution >= 0.6 is 15.6 Å². The first kappa shape index (κ1) is 85.1. The highest BCUT2D eigenvalue weighted by molar-refractivity contribution is 7.47. The van der Waals surface area contributed by atoms with E-state index in [1.807, 2.05) is 0 Å². The Kier molecular flexibility index (Phi) is 59.0. The second-order valence-electron chi connectivity index (χ2n) is 25.0. The van der Waals surface area contributed by atoms with Crippen molar-refractivity contribution in [2.24, 2.45) is 11.8 Å². The average molecular weight is 1280 g/mol. The van der Waals surface area contributed by atoms with Gasteiger partial charge >= 0.3 is 39.5 Å². The Bertz CT molecular complexity index is 1700. The van der Waals surface area contributed by atoms with Gasteiger partial charge in [0.1, 0.15) is 19.3 Å². The van der Waals surface area contributed by atoms with Crippen LogP contribution in [-0.2, 0) is 65.4 Å². The van der Waals surface area contributed by atoms with E-state index in [0.29, 0.717) is 25.7 Å². The molecule has 0 saturated carbocycles. The zero-order valence-electron chi connectivity index (χ0n) is 56.3. The van der Waals surface area contributed by atoms with Gasteiger partial charge in [-0.2, -0.15) is 0 Å². The molecule has 0 aromatic rings. The molecular formula is C68H132O17P2. The standard InChI is InChI=1S/C68H132O17P2/c1-7-11-13-15-17-19-20-21-22-23-28-32-39-45-51-66(71)79-56-63(84-67(72)52-46-40-33-29-25-24-27-30-36-42-48-60(5)9-3)58-82-86(74,75)80-54-62(69)55-81-87(76,77)83-59-64(57-78-65(70)50-44-38-31-26-18-16-14-12-8-2)85-68(73)53-47-41-35-34-37-43-49-61(6)10-4/h60-64,69H,7-59H2,1-6H3,(H,74,75)(H,76,77)/t60?,61?,62-,63-,64-/m1/s1. The highest BCUT2D eigenvalue weighted by Crippen LogP contribution is 2.45. The minimum Gasteiger partial charge on any atom is -0.462 e. The van der Waals surface area contributed by atoms with E-state index in [4.69, 9.17) is 37.0 Å². The summed E-state index contributed by atoms with van der Waals surface area (Å²) >= 11 is 0. The van der Waals surface area contributed by atoms with Crippen LogP contribution in [0.5, 0.6) is 0 Å². The molecule has 17 nitrogen and oxygen atoms in total. The van der Waals surface area contributed by atoms with Crippen LogP contribution in [0.15, 0.2) is 0 Å². The number of carbonyl (C=O) groups is 4. The van der Waals surface area contributed by atoms with E-state index < -0.39 is 97.5 Å². The first-order chi connectivity index (χ1) is 41.9. The Morgan fingerprint density at radius 1 is 0.322 bits per heavy atom. The summed E-state index contributed by atoms with van der Waals surface area (Å²) in [5.41, 5.74) is 0. The van der Waals surface area contributed by atoms with Crippen LogP contribution in [-0.4, -0.2) is 96.7 Å². The third-order valence-corrected chi connectivity index (χ3v) is 18.3. The Morgan fingerprint density at radius 3 is 0.816 bits per heavy atom. The molecule has 516 valence electrons. The first-order valence-corrected chi connectivity index (χ1v) is 38.6. The quantitative estimate of drug-likeness (QED) is 0.0222. The number of aliphatic hydroxyl groups excluding tert-OH is 1. The normalized spacial score (nSPS) is 14.8. The number of aliphatic hydroxyl groups is 1. The van der Waals surface area contributed by atoms with E-state index >= 15 is 0 Å². The second kappa shape index (κ2) is 60.3. The van der Waals surface area contributed by atoms with Crippen LogP contribution in [0.25, 0.3) is 0 Å². The van der Waals surface area contributed by atoms with Gasteiger partial charge in [-0.15, -0.1) is 0 Å². The molecule has 0 amide bonds. The fraction of sp³-hybridized carbons (Fsp3) is 0.941. The Morgan fingerprint density at radius 2 is 0.552 bits per heavy atom. The van der Waals surface area contributed by atoms with E-state index in [2.05, 4.69) is 41.5 Å². The number of rotatable bonds is 67. The number of carbonyl (C=O) groups excluding carboxylic acids is 4. The van der Waals surface area contributed by atoms with Gasteiger partial charge in [0.05, 0.1) is 26.4 Å². The van der Waals surface area contributed by atoms with Gasteiger partial charge in [-0.25, -0.2) is 9.13 Å². The van der Waals surface area contributed by atoms with Crippen LogP contribution in [0.3, 0.4) is 0 Å². The maximum Gasteiger partial charge on any atom is 0.472 e. The molecule has 0 radical (unpaired) electrons. The molecule has 0 aromatic carbocycles. The lowest BCUT2D eigenvalue weighted by Gasteiger charge is -2.21. The van der Waals surface area contributed by atoms with Crippen LogP contribution in [0.2, 0.25) is 0 Å². The third-order valence-electron chi connectivity index (χ3n) is 16.4. The molecular weight excluding hydrogens is 1150 g/mol. The molecule has 0 saturated heterocycles. The van der Waals surface area contributed by atoms with Crippen LogP contribution in [0.1, 0.15) is 343 Å². The molecule has 0 fully saturated rings. The van der Waals surface area contributed by atoms with Gasteiger partial charge in [0.15, 0.2) is 12.2 Å². The first-order valence-electron chi connectivity index (χ1n) is 35.6. The molecule has 0 heterocycles. The highest BCUT2D eigenvalue weighted by atomic mass is 31.2. The van der Waals surface area contributed by atoms with Gasteiger partial charge < -0.3 is 33.8 Å². The van der Waals surface area contributed by atoms with Crippen molar-refractivity contribution in [1.29, 1.82) is 0 Å². The summed E-state index contributed by atoms with van der Waals surface area (Å²) in [6, 6.07) is 0. The largest absolute Gasteiger partial charge is 0.472 e. The lowest BCUT2D eigenvalue weighted by atomic mass is 9.99. The smallest absolute Gasteiger partial charge is 0.462 e. The molecule has 0 aliphatic carbocycles. The van der Waals surface area contributed by atoms with Crippen molar-refractivity contribution in [2.75, 3.05) is 39.6 Å². The fourth-order valence-electron chi connectivity index (χ4n) is 10.2. The van der Waals surface area contributed by atoms with Crippen LogP contribution in [0.4, 0.5) is 0 Å². The van der Waals surface area contributed by atoms with Gasteiger partial charge in [0.2, 0.25) is 0 Å². The maximum atomic E-state index is 13.0. The van der Waals surface area contributed by atoms with Gasteiger partial charge in [0.25, 0.3) is 0 Å². The van der Waals surface area contributed by atoms with Crippen LogP contribution in [0, 0.1) is 11.8 Å². The molecule has 19 heteroatoms. The number of ether oxygens (including phenoxy) is 4. The summed E-state index contributed by atoms with van der Waals surface area (Å²) in [7, 11) is -9.89. The summed E-state index contributed by atoms with van der Waals surface area (Å²) in [5, 5.41) is 10.6. The highest BCUT2D eigenvalue weighted by Gasteiger charge is 2.30. The summed E-state index contributed by atoms with van der Waals surface area (Å²) in [6.45, 7) is 9.49. The Hall–Kier alpha value is -1.94. The van der Waals surface area contributed by atoms with E-state index in [1.165, 1.54) is 161 Å². The maximum absolute atomic E-state index is 13.0. The van der Waals surface area contributed by atoms with E-state index in [9.17, 15) is 43.2 Å². The van der Waals surface area contributed by atoms with E-state index in [0.717, 1.165) is 102 Å². The molecule has 0 aliphatic heterocycles. The molecule has 0 aliphatic rings. The van der Waals surface area contributed by atoms with Crippen LogP contribution < -0.4 is 0 Å². The zero-order chi connectivity index (χ0) is 64.3. The molecule has 0 rings (SSSR count). The molecule has 0 spiro atoms. The number of esters is 4. The van der Waals surface area contributed by atoms with Crippen molar-refractivity contribution in [3.63, 3.8) is 0 Å². The number of phosphoric ester groups is 2. The van der Waals surface area contributed by atoms with Gasteiger partial charge in [-0.3, -0.25) is 37.3 Å². The number of phosphoric acid groups is 2.